The van der Waals surface area contributed by atoms with Gasteiger partial charge in [0.15, 0.2) is 28.7 Å². The zero-order valence-electron chi connectivity index (χ0n) is 20.8. The molecule has 35 heavy (non-hydrogen) atoms. The van der Waals surface area contributed by atoms with Crippen LogP contribution in [0, 0.1) is 35.5 Å². The van der Waals surface area contributed by atoms with Crippen molar-refractivity contribution < 1.29 is 34.2 Å². The molecule has 1 aromatic rings. The number of ketones is 5. The number of anilines is 1. The monoisotopic (exact) mass is 483 g/mol. The van der Waals surface area contributed by atoms with Gasteiger partial charge >= 0.3 is 0 Å². The van der Waals surface area contributed by atoms with Crippen LogP contribution in [0.4, 0.5) is 5.69 Å². The second kappa shape index (κ2) is 8.66. The van der Waals surface area contributed by atoms with E-state index in [1.807, 2.05) is 13.8 Å². The Hall–Kier alpha value is -2.87. The maximum atomic E-state index is 13.8. The van der Waals surface area contributed by atoms with Gasteiger partial charge in [-0.15, -0.1) is 0 Å². The average Bonchev–Trinajstić information content (AvgIpc) is 2.77. The number of aromatic hydroxyl groups is 1. The third-order valence-electron chi connectivity index (χ3n) is 8.33. The molecule has 3 aliphatic carbocycles. The number of nitrogens with one attached hydrogen (secondary N) is 1. The third-order valence-corrected chi connectivity index (χ3v) is 8.33. The highest BCUT2D eigenvalue weighted by Gasteiger charge is 2.68. The average molecular weight is 484 g/mol. The minimum absolute atomic E-state index is 0.0258. The van der Waals surface area contributed by atoms with E-state index in [2.05, 4.69) is 5.32 Å². The third kappa shape index (κ3) is 3.56. The molecule has 0 saturated heterocycles. The van der Waals surface area contributed by atoms with Gasteiger partial charge in [0.2, 0.25) is 0 Å². The van der Waals surface area contributed by atoms with Crippen molar-refractivity contribution in [1.82, 2.24) is 0 Å². The smallest absolute Gasteiger partial charge is 0.190 e. The number of phenols is 1. The summed E-state index contributed by atoms with van der Waals surface area (Å²) < 4.78 is 0. The van der Waals surface area contributed by atoms with Crippen LogP contribution in [-0.4, -0.2) is 50.8 Å². The van der Waals surface area contributed by atoms with Gasteiger partial charge in [-0.25, -0.2) is 0 Å². The predicted octanol–water partition coefficient (Wildman–Crippen LogP) is 2.52. The molecule has 0 spiro atoms. The van der Waals surface area contributed by atoms with Gasteiger partial charge in [0, 0.05) is 23.6 Å². The number of hydrogen-bond acceptors (Lipinski definition) is 8. The molecule has 1 aromatic carbocycles. The lowest BCUT2D eigenvalue weighted by atomic mass is 9.49. The van der Waals surface area contributed by atoms with Crippen LogP contribution in [0.2, 0.25) is 0 Å². The fourth-order valence-electron chi connectivity index (χ4n) is 6.47. The number of fused-ring (bicyclic) bond motifs is 3. The maximum Gasteiger partial charge on any atom is 0.190 e. The quantitative estimate of drug-likeness (QED) is 0.429. The number of benzene rings is 1. The lowest BCUT2D eigenvalue weighted by Gasteiger charge is -2.52. The van der Waals surface area contributed by atoms with Crippen molar-refractivity contribution in [1.29, 1.82) is 0 Å². The molecule has 4 rings (SSSR count). The molecule has 0 aromatic heterocycles. The Balaban J connectivity index is 1.85. The summed E-state index contributed by atoms with van der Waals surface area (Å²) in [4.78, 5) is 66.2. The Morgan fingerprint density at radius 2 is 1.80 bits per heavy atom. The van der Waals surface area contributed by atoms with Gasteiger partial charge in [-0.05, 0) is 62.6 Å². The van der Waals surface area contributed by atoms with Gasteiger partial charge in [-0.1, -0.05) is 20.8 Å². The molecule has 0 bridgehead atoms. The molecular weight excluding hydrogens is 450 g/mol. The van der Waals surface area contributed by atoms with E-state index >= 15 is 0 Å². The number of Topliss-reactive ketones (excluding diaryl/α,β-unsaturated/α-hetero) is 5. The summed E-state index contributed by atoms with van der Waals surface area (Å²) in [6.45, 7) is 8.64. The molecule has 188 valence electrons. The molecule has 0 heterocycles. The number of aliphatic hydroxyl groups is 1. The van der Waals surface area contributed by atoms with Crippen LogP contribution in [0.15, 0.2) is 12.1 Å². The van der Waals surface area contributed by atoms with E-state index in [-0.39, 0.29) is 36.1 Å². The Labute approximate surface area is 204 Å². The molecular formula is C27H33NO7. The highest BCUT2D eigenvalue weighted by atomic mass is 16.3. The van der Waals surface area contributed by atoms with E-state index in [9.17, 15) is 34.2 Å². The number of carbonyl (C=O) groups is 5. The summed E-state index contributed by atoms with van der Waals surface area (Å²) in [5.41, 5.74) is -1.26. The highest BCUT2D eigenvalue weighted by molar-refractivity contribution is 6.32. The van der Waals surface area contributed by atoms with Gasteiger partial charge in [-0.2, -0.15) is 0 Å². The molecule has 8 nitrogen and oxygen atoms in total. The fourth-order valence-corrected chi connectivity index (χ4v) is 6.47. The topological polar surface area (TPSA) is 138 Å². The Morgan fingerprint density at radius 3 is 2.37 bits per heavy atom. The van der Waals surface area contributed by atoms with Crippen LogP contribution >= 0.6 is 0 Å². The zero-order valence-corrected chi connectivity index (χ0v) is 20.8. The van der Waals surface area contributed by atoms with E-state index < -0.39 is 64.1 Å². The first-order valence-corrected chi connectivity index (χ1v) is 12.4. The number of carbonyl (C=O) groups excluding carboxylic acids is 5. The standard InChI is InChI=1S/C27H33NO7/c1-6-12(4)28-17-7-8-18(30)22-15(17)9-14-10-16-19(11(2)3)23(31)20(13(5)29)25(33)27(16,35)26(34)21(14)24(22)32/h7-8,11-12,14,16,19-21,28,30,35H,6,9-10H2,1-5H3/t12?,14-,16-,19?,20?,21?,27+/m1/s1. The summed E-state index contributed by atoms with van der Waals surface area (Å²) in [7, 11) is 0. The lowest BCUT2D eigenvalue weighted by molar-refractivity contribution is -0.182. The van der Waals surface area contributed by atoms with Gasteiger partial charge < -0.3 is 15.5 Å². The van der Waals surface area contributed by atoms with Crippen molar-refractivity contribution >= 4 is 34.6 Å². The van der Waals surface area contributed by atoms with E-state index in [4.69, 9.17) is 0 Å². The summed E-state index contributed by atoms with van der Waals surface area (Å²) in [6.07, 6.45) is 1.23. The Kier molecular flexibility index (Phi) is 6.24. The predicted molar refractivity (Wildman–Crippen MR) is 127 cm³/mol. The van der Waals surface area contributed by atoms with Crippen molar-refractivity contribution in [3.63, 3.8) is 0 Å². The summed E-state index contributed by atoms with van der Waals surface area (Å²) in [5.74, 6) is -10.0. The Morgan fingerprint density at radius 1 is 1.14 bits per heavy atom. The van der Waals surface area contributed by atoms with Crippen molar-refractivity contribution in [3.05, 3.63) is 23.3 Å². The molecule has 3 aliphatic rings. The van der Waals surface area contributed by atoms with E-state index in [1.54, 1.807) is 19.9 Å². The van der Waals surface area contributed by atoms with Crippen LogP contribution in [0.25, 0.3) is 0 Å². The van der Waals surface area contributed by atoms with Crippen LogP contribution in [0.1, 0.15) is 63.4 Å². The Bertz CT molecular complexity index is 1140. The van der Waals surface area contributed by atoms with Crippen LogP contribution in [0.3, 0.4) is 0 Å². The number of hydrogen-bond donors (Lipinski definition) is 3. The second-order valence-electron chi connectivity index (χ2n) is 10.8. The van der Waals surface area contributed by atoms with E-state index in [0.29, 0.717) is 11.3 Å². The minimum atomic E-state index is -2.59. The van der Waals surface area contributed by atoms with Crippen molar-refractivity contribution in [2.45, 2.75) is 65.5 Å². The summed E-state index contributed by atoms with van der Waals surface area (Å²) in [6, 6.07) is 3.21. The zero-order chi connectivity index (χ0) is 26.0. The largest absolute Gasteiger partial charge is 0.507 e. The lowest BCUT2D eigenvalue weighted by Crippen LogP contribution is -2.70. The van der Waals surface area contributed by atoms with Gasteiger partial charge in [0.1, 0.15) is 17.5 Å². The molecule has 0 radical (unpaired) electrons. The highest BCUT2D eigenvalue weighted by Crippen LogP contribution is 2.53. The van der Waals surface area contributed by atoms with E-state index in [1.165, 1.54) is 6.07 Å². The molecule has 2 saturated carbocycles. The van der Waals surface area contributed by atoms with Crippen molar-refractivity contribution in [2.75, 3.05) is 5.32 Å². The molecule has 2 fully saturated rings. The maximum absolute atomic E-state index is 13.8. The normalized spacial score (nSPS) is 33.2. The second-order valence-corrected chi connectivity index (χ2v) is 10.8. The van der Waals surface area contributed by atoms with Gasteiger partial charge in [0.25, 0.3) is 0 Å². The molecule has 4 unspecified atom stereocenters. The van der Waals surface area contributed by atoms with Gasteiger partial charge in [0.05, 0.1) is 11.5 Å². The summed E-state index contributed by atoms with van der Waals surface area (Å²) >= 11 is 0. The molecule has 3 N–H and O–H groups in total. The van der Waals surface area contributed by atoms with Crippen LogP contribution in [-0.2, 0) is 25.6 Å². The van der Waals surface area contributed by atoms with Crippen molar-refractivity contribution in [3.8, 4) is 5.75 Å². The fraction of sp³-hybridized carbons (Fsp3) is 0.593. The summed E-state index contributed by atoms with van der Waals surface area (Å²) in [5, 5.41) is 25.5. The molecule has 0 aliphatic heterocycles. The van der Waals surface area contributed by atoms with E-state index in [0.717, 1.165) is 13.3 Å². The van der Waals surface area contributed by atoms with Crippen LogP contribution in [0.5, 0.6) is 5.75 Å². The van der Waals surface area contributed by atoms with Crippen LogP contribution < -0.4 is 5.32 Å². The molecule has 7 atom stereocenters. The first kappa shape index (κ1) is 25.2. The first-order valence-electron chi connectivity index (χ1n) is 12.4. The molecule has 8 heteroatoms. The number of phenolic OH excluding ortho intramolecular Hbond substituents is 1. The van der Waals surface area contributed by atoms with Crippen molar-refractivity contribution in [2.24, 2.45) is 35.5 Å². The van der Waals surface area contributed by atoms with Gasteiger partial charge in [-0.3, -0.25) is 24.0 Å². The molecule has 0 amide bonds. The SMILES string of the molecule is CCC(C)Nc1ccc(O)c2c1C[C@@H]1C[C@@H]3C(C(C)C)C(=O)C(C(C)=O)C(=O)[C@]3(O)C(=O)C1C2=O. The number of rotatable bonds is 5. The first-order chi connectivity index (χ1) is 16.4. The minimum Gasteiger partial charge on any atom is -0.507 e.